The summed E-state index contributed by atoms with van der Waals surface area (Å²) in [5.74, 6) is -0.435. The molecule has 1 atom stereocenters. The number of fused-ring (bicyclic) bond motifs is 1. The van der Waals surface area contributed by atoms with Gasteiger partial charge in [-0.15, -0.1) is 0 Å². The Morgan fingerprint density at radius 1 is 1.29 bits per heavy atom. The second-order valence-corrected chi connectivity index (χ2v) is 8.58. The molecular formula is C16H18ClF3O3S. The molecule has 1 heterocycles. The zero-order valence-electron chi connectivity index (χ0n) is 13.4. The Morgan fingerprint density at radius 3 is 2.42 bits per heavy atom. The van der Waals surface area contributed by atoms with E-state index in [4.69, 9.17) is 16.3 Å². The molecule has 0 amide bonds. The molecule has 1 unspecified atom stereocenters. The maximum Gasteiger partial charge on any atom is 0.432 e. The number of hydrogen-bond donors (Lipinski definition) is 0. The molecule has 0 saturated carbocycles. The van der Waals surface area contributed by atoms with Crippen LogP contribution in [0.2, 0.25) is 5.02 Å². The SMILES string of the molecule is CCC1(C(F)(F)F)C=Cc2cc(Cl)c(S(=O)(=O)CC(C)C)cc2O1. The van der Waals surface area contributed by atoms with Crippen LogP contribution in [0.15, 0.2) is 23.1 Å². The van der Waals surface area contributed by atoms with Crippen LogP contribution in [0.3, 0.4) is 0 Å². The number of benzene rings is 1. The van der Waals surface area contributed by atoms with Crippen molar-refractivity contribution in [3.05, 3.63) is 28.8 Å². The van der Waals surface area contributed by atoms with E-state index in [2.05, 4.69) is 0 Å². The molecule has 0 N–H and O–H groups in total. The highest BCUT2D eigenvalue weighted by Crippen LogP contribution is 2.44. The maximum atomic E-state index is 13.4. The van der Waals surface area contributed by atoms with Crippen LogP contribution in [0.25, 0.3) is 6.08 Å². The molecule has 1 aliphatic heterocycles. The Balaban J connectivity index is 2.55. The molecule has 2 rings (SSSR count). The van der Waals surface area contributed by atoms with Gasteiger partial charge in [-0.25, -0.2) is 8.42 Å². The normalized spacial score (nSPS) is 20.8. The largest absolute Gasteiger partial charge is 0.473 e. The van der Waals surface area contributed by atoms with E-state index in [0.717, 1.165) is 12.1 Å². The van der Waals surface area contributed by atoms with E-state index >= 15 is 0 Å². The Kier molecular flexibility index (Phi) is 4.99. The van der Waals surface area contributed by atoms with Gasteiger partial charge in [0.15, 0.2) is 9.84 Å². The second-order valence-electron chi connectivity index (χ2n) is 6.17. The molecule has 1 aliphatic rings. The van der Waals surface area contributed by atoms with Crippen LogP contribution in [0.5, 0.6) is 5.75 Å². The summed E-state index contributed by atoms with van der Waals surface area (Å²) in [6.07, 6.45) is -2.75. The van der Waals surface area contributed by atoms with Crippen molar-refractivity contribution >= 4 is 27.5 Å². The zero-order chi connectivity index (χ0) is 18.3. The molecule has 1 aromatic rings. The Bertz CT molecular complexity index is 770. The first-order valence-electron chi connectivity index (χ1n) is 7.43. The summed E-state index contributed by atoms with van der Waals surface area (Å²) in [7, 11) is -3.72. The van der Waals surface area contributed by atoms with Crippen molar-refractivity contribution in [2.45, 2.75) is 43.9 Å². The van der Waals surface area contributed by atoms with E-state index in [1.165, 1.54) is 19.1 Å². The van der Waals surface area contributed by atoms with Crippen LogP contribution >= 0.6 is 11.6 Å². The topological polar surface area (TPSA) is 43.4 Å². The lowest BCUT2D eigenvalue weighted by atomic mass is 9.95. The summed E-state index contributed by atoms with van der Waals surface area (Å²) < 4.78 is 70.1. The molecular weight excluding hydrogens is 365 g/mol. The minimum absolute atomic E-state index is 0.0290. The first-order valence-corrected chi connectivity index (χ1v) is 9.46. The third-order valence-electron chi connectivity index (χ3n) is 3.78. The van der Waals surface area contributed by atoms with Gasteiger partial charge >= 0.3 is 6.18 Å². The van der Waals surface area contributed by atoms with Crippen LogP contribution in [0.1, 0.15) is 32.8 Å². The van der Waals surface area contributed by atoms with Gasteiger partial charge in [0.2, 0.25) is 5.60 Å². The van der Waals surface area contributed by atoms with Gasteiger partial charge in [0, 0.05) is 11.6 Å². The highest BCUT2D eigenvalue weighted by atomic mass is 35.5. The molecule has 134 valence electrons. The van der Waals surface area contributed by atoms with Gasteiger partial charge in [-0.05, 0) is 24.5 Å². The molecule has 0 saturated heterocycles. The first kappa shape index (κ1) is 19.1. The summed E-state index contributed by atoms with van der Waals surface area (Å²) in [6, 6.07) is 2.41. The van der Waals surface area contributed by atoms with Crippen LogP contribution < -0.4 is 4.74 Å². The molecule has 24 heavy (non-hydrogen) atoms. The predicted octanol–water partition coefficient (Wildman–Crippen LogP) is 4.89. The molecule has 1 aromatic carbocycles. The van der Waals surface area contributed by atoms with E-state index in [-0.39, 0.29) is 33.8 Å². The molecule has 8 heteroatoms. The Morgan fingerprint density at radius 2 is 1.92 bits per heavy atom. The van der Waals surface area contributed by atoms with Crippen LogP contribution in [-0.2, 0) is 9.84 Å². The Labute approximate surface area is 144 Å². The van der Waals surface area contributed by atoms with Gasteiger partial charge in [0.1, 0.15) is 5.75 Å². The van der Waals surface area contributed by atoms with Crippen molar-refractivity contribution in [1.82, 2.24) is 0 Å². The van der Waals surface area contributed by atoms with Crippen molar-refractivity contribution in [2.75, 3.05) is 5.75 Å². The third-order valence-corrected chi connectivity index (χ3v) is 6.32. The molecule has 0 spiro atoms. The van der Waals surface area contributed by atoms with Gasteiger partial charge in [0.05, 0.1) is 15.7 Å². The van der Waals surface area contributed by atoms with Crippen molar-refractivity contribution in [1.29, 1.82) is 0 Å². The summed E-state index contributed by atoms with van der Waals surface area (Å²) >= 11 is 6.03. The van der Waals surface area contributed by atoms with Crippen molar-refractivity contribution in [3.63, 3.8) is 0 Å². The first-order chi connectivity index (χ1) is 10.9. The van der Waals surface area contributed by atoms with Crippen molar-refractivity contribution in [3.8, 4) is 5.75 Å². The lowest BCUT2D eigenvalue weighted by Gasteiger charge is -2.35. The fourth-order valence-corrected chi connectivity index (χ4v) is 4.76. The number of sulfone groups is 1. The highest BCUT2D eigenvalue weighted by molar-refractivity contribution is 7.91. The zero-order valence-corrected chi connectivity index (χ0v) is 15.0. The molecule has 0 radical (unpaired) electrons. The number of hydrogen-bond acceptors (Lipinski definition) is 3. The van der Waals surface area contributed by atoms with Crippen LogP contribution in [0.4, 0.5) is 13.2 Å². The van der Waals surface area contributed by atoms with Crippen molar-refractivity contribution in [2.24, 2.45) is 5.92 Å². The second kappa shape index (κ2) is 6.26. The number of ether oxygens (including phenoxy) is 1. The fraction of sp³-hybridized carbons (Fsp3) is 0.500. The van der Waals surface area contributed by atoms with E-state index in [1.807, 2.05) is 0 Å². The fourth-order valence-electron chi connectivity index (χ4n) is 2.53. The third kappa shape index (κ3) is 3.42. The highest BCUT2D eigenvalue weighted by Gasteiger charge is 2.55. The van der Waals surface area contributed by atoms with E-state index < -0.39 is 21.6 Å². The maximum absolute atomic E-state index is 13.4. The van der Waals surface area contributed by atoms with Gasteiger partial charge < -0.3 is 4.74 Å². The summed E-state index contributed by atoms with van der Waals surface area (Å²) in [4.78, 5) is -0.209. The van der Waals surface area contributed by atoms with E-state index in [9.17, 15) is 21.6 Å². The minimum atomic E-state index is -4.62. The standard InChI is InChI=1S/C16H18ClF3O3S/c1-4-15(16(18,19)20)6-5-11-7-12(17)14(8-13(11)23-15)24(21,22)9-10(2)3/h5-8,10H,4,9H2,1-3H3. The summed E-state index contributed by atoms with van der Waals surface area (Å²) in [5.41, 5.74) is -2.15. The van der Waals surface area contributed by atoms with Gasteiger partial charge in [0.25, 0.3) is 0 Å². The lowest BCUT2D eigenvalue weighted by Crippen LogP contribution is -2.49. The summed E-state index contributed by atoms with van der Waals surface area (Å²) in [5, 5.41) is -0.0290. The molecule has 0 aliphatic carbocycles. The number of halogens is 4. The average molecular weight is 383 g/mol. The Hall–Kier alpha value is -1.21. The van der Waals surface area contributed by atoms with E-state index in [0.29, 0.717) is 5.56 Å². The smallest absolute Gasteiger partial charge is 0.432 e. The van der Waals surface area contributed by atoms with Gasteiger partial charge in [-0.3, -0.25) is 0 Å². The molecule has 3 nitrogen and oxygen atoms in total. The quantitative estimate of drug-likeness (QED) is 0.744. The molecule has 0 fully saturated rings. The lowest BCUT2D eigenvalue weighted by molar-refractivity contribution is -0.230. The molecule has 0 aromatic heterocycles. The predicted molar refractivity (Wildman–Crippen MR) is 87.1 cm³/mol. The minimum Gasteiger partial charge on any atom is -0.473 e. The average Bonchev–Trinajstić information content (AvgIpc) is 2.43. The summed E-state index contributed by atoms with van der Waals surface area (Å²) in [6.45, 7) is 4.82. The van der Waals surface area contributed by atoms with Gasteiger partial charge in [-0.1, -0.05) is 38.4 Å². The van der Waals surface area contributed by atoms with Gasteiger partial charge in [-0.2, -0.15) is 13.2 Å². The molecule has 0 bridgehead atoms. The number of rotatable bonds is 4. The van der Waals surface area contributed by atoms with Crippen molar-refractivity contribution < 1.29 is 26.3 Å². The number of alkyl halides is 3. The van der Waals surface area contributed by atoms with Crippen LogP contribution in [-0.4, -0.2) is 25.9 Å². The van der Waals surface area contributed by atoms with Crippen LogP contribution in [0, 0.1) is 5.92 Å². The van der Waals surface area contributed by atoms with E-state index in [1.54, 1.807) is 13.8 Å². The monoisotopic (exact) mass is 382 g/mol.